The lowest BCUT2D eigenvalue weighted by molar-refractivity contribution is 0.317. The van der Waals surface area contributed by atoms with Crippen molar-refractivity contribution in [1.82, 2.24) is 9.97 Å². The quantitative estimate of drug-likeness (QED) is 0.675. The number of hydrogen-bond acceptors (Lipinski definition) is 3. The van der Waals surface area contributed by atoms with Gasteiger partial charge >= 0.3 is 0 Å². The van der Waals surface area contributed by atoms with E-state index in [4.69, 9.17) is 27.9 Å². The number of fused-ring (bicyclic) bond motifs is 1. The average Bonchev–Trinajstić information content (AvgIpc) is 2.60. The smallest absolute Gasteiger partial charge is 0.259 e. The second kappa shape index (κ2) is 7.72. The Hall–Kier alpha value is -2.30. The third-order valence-corrected chi connectivity index (χ3v) is 4.06. The molecular weight excluding hydrogens is 359 g/mol. The highest BCUT2D eigenvalue weighted by Gasteiger charge is 2.07. The van der Waals surface area contributed by atoms with E-state index in [0.29, 0.717) is 33.4 Å². The lowest BCUT2D eigenvalue weighted by Gasteiger charge is -2.05. The first kappa shape index (κ1) is 17.5. The van der Waals surface area contributed by atoms with E-state index in [9.17, 15) is 4.79 Å². The molecule has 3 rings (SSSR count). The van der Waals surface area contributed by atoms with Gasteiger partial charge in [-0.2, -0.15) is 0 Å². The zero-order chi connectivity index (χ0) is 17.8. The zero-order valence-corrected chi connectivity index (χ0v) is 15.1. The Kier molecular flexibility index (Phi) is 5.41. The number of H-pyrrole nitrogens is 1. The Labute approximate surface area is 155 Å². The first-order valence-electron chi connectivity index (χ1n) is 7.87. The molecule has 25 heavy (non-hydrogen) atoms. The highest BCUT2D eigenvalue weighted by molar-refractivity contribution is 6.50. The first-order chi connectivity index (χ1) is 12.1. The predicted octanol–water partition coefficient (Wildman–Crippen LogP) is 5.10. The number of nitrogens with zero attached hydrogens (tertiary/aromatic N) is 1. The van der Waals surface area contributed by atoms with Gasteiger partial charge in [-0.25, -0.2) is 4.98 Å². The van der Waals surface area contributed by atoms with Crippen LogP contribution >= 0.6 is 23.2 Å². The summed E-state index contributed by atoms with van der Waals surface area (Å²) in [5.74, 6) is 1.11. The number of nitrogens with one attached hydrogen (secondary N) is 1. The van der Waals surface area contributed by atoms with E-state index in [0.717, 1.165) is 17.7 Å². The average molecular weight is 375 g/mol. The minimum absolute atomic E-state index is 0.258. The van der Waals surface area contributed by atoms with Gasteiger partial charge in [-0.15, -0.1) is 0 Å². The Morgan fingerprint density at radius 2 is 2.00 bits per heavy atom. The summed E-state index contributed by atoms with van der Waals surface area (Å²) in [4.78, 5) is 19.3. The molecule has 0 aliphatic rings. The third-order valence-electron chi connectivity index (χ3n) is 3.54. The number of halogens is 2. The molecule has 0 spiro atoms. The summed E-state index contributed by atoms with van der Waals surface area (Å²) in [5, 5.41) is 1.32. The van der Waals surface area contributed by atoms with Gasteiger partial charge in [0, 0.05) is 5.02 Å². The van der Waals surface area contributed by atoms with Crippen LogP contribution in [0.5, 0.6) is 5.75 Å². The third kappa shape index (κ3) is 4.21. The van der Waals surface area contributed by atoms with Crippen LogP contribution < -0.4 is 10.3 Å². The number of benzene rings is 2. The van der Waals surface area contributed by atoms with Gasteiger partial charge in [0.15, 0.2) is 5.82 Å². The predicted molar refractivity (Wildman–Crippen MR) is 103 cm³/mol. The second-order valence-corrected chi connectivity index (χ2v) is 6.33. The fraction of sp³-hybridized carbons (Fsp3) is 0.158. The maximum Gasteiger partial charge on any atom is 0.259 e. The van der Waals surface area contributed by atoms with Gasteiger partial charge in [0.25, 0.3) is 5.56 Å². The molecule has 0 atom stereocenters. The van der Waals surface area contributed by atoms with Crippen LogP contribution in [0.15, 0.2) is 47.3 Å². The van der Waals surface area contributed by atoms with Gasteiger partial charge in [-0.1, -0.05) is 42.3 Å². The lowest BCUT2D eigenvalue weighted by Crippen LogP contribution is -2.10. The normalized spacial score (nSPS) is 11.7. The van der Waals surface area contributed by atoms with Crippen LogP contribution in [-0.2, 0) is 0 Å². The van der Waals surface area contributed by atoms with Gasteiger partial charge in [-0.3, -0.25) is 4.79 Å². The summed E-state index contributed by atoms with van der Waals surface area (Å²) in [6, 6.07) is 12.5. The molecule has 1 heterocycles. The molecule has 0 aliphatic carbocycles. The molecule has 2 aromatic carbocycles. The molecule has 3 aromatic rings. The maximum atomic E-state index is 12.2. The number of hydrogen-bond donors (Lipinski definition) is 1. The topological polar surface area (TPSA) is 55.0 Å². The van der Waals surface area contributed by atoms with Crippen LogP contribution in [0.4, 0.5) is 0 Å². The van der Waals surface area contributed by atoms with E-state index in [2.05, 4.69) is 16.9 Å². The second-order valence-electron chi connectivity index (χ2n) is 5.49. The molecular formula is C19H16Cl2N2O2. The Morgan fingerprint density at radius 1 is 1.24 bits per heavy atom. The molecule has 0 saturated carbocycles. The fourth-order valence-electron chi connectivity index (χ4n) is 2.32. The molecule has 0 fully saturated rings. The number of rotatable bonds is 5. The van der Waals surface area contributed by atoms with E-state index in [1.165, 1.54) is 0 Å². The first-order valence-corrected chi connectivity index (χ1v) is 8.62. The minimum atomic E-state index is -0.258. The minimum Gasteiger partial charge on any atom is -0.494 e. The van der Waals surface area contributed by atoms with Crippen molar-refractivity contribution < 1.29 is 4.74 Å². The van der Waals surface area contributed by atoms with Crippen molar-refractivity contribution in [2.24, 2.45) is 0 Å². The van der Waals surface area contributed by atoms with Crippen LogP contribution in [0.2, 0.25) is 5.02 Å². The summed E-state index contributed by atoms with van der Waals surface area (Å²) in [6.07, 6.45) is 2.69. The van der Waals surface area contributed by atoms with Gasteiger partial charge in [-0.05, 0) is 48.4 Å². The molecule has 6 heteroatoms. The van der Waals surface area contributed by atoms with E-state index in [1.807, 2.05) is 24.3 Å². The monoisotopic (exact) mass is 374 g/mol. The Morgan fingerprint density at radius 3 is 2.72 bits per heavy atom. The SMILES string of the molecule is CCCOc1ccc(/C=C(\Cl)c2nc3cc(Cl)ccc3c(=O)[nH]2)cc1. The standard InChI is InChI=1S/C19H16Cl2N2O2/c1-2-9-25-14-6-3-12(4-7-14)10-16(21)18-22-17-11-13(20)5-8-15(17)19(24)23-18/h3-8,10-11H,2,9H2,1H3,(H,22,23,24)/b16-10-. The molecule has 0 bridgehead atoms. The van der Waals surface area contributed by atoms with Crippen LogP contribution in [0, 0.1) is 0 Å². The molecule has 0 amide bonds. The summed E-state index contributed by atoms with van der Waals surface area (Å²) >= 11 is 12.3. The highest BCUT2D eigenvalue weighted by atomic mass is 35.5. The molecule has 0 aliphatic heterocycles. The van der Waals surface area contributed by atoms with Crippen LogP contribution in [0.3, 0.4) is 0 Å². The van der Waals surface area contributed by atoms with Crippen molar-refractivity contribution >= 4 is 45.2 Å². The van der Waals surface area contributed by atoms with Crippen LogP contribution in [0.1, 0.15) is 24.7 Å². The van der Waals surface area contributed by atoms with Crippen LogP contribution in [0.25, 0.3) is 22.0 Å². The van der Waals surface area contributed by atoms with Crippen LogP contribution in [-0.4, -0.2) is 16.6 Å². The Balaban J connectivity index is 1.91. The summed E-state index contributed by atoms with van der Waals surface area (Å²) in [7, 11) is 0. The van der Waals surface area contributed by atoms with E-state index >= 15 is 0 Å². The van der Waals surface area contributed by atoms with Crippen molar-refractivity contribution in [3.63, 3.8) is 0 Å². The summed E-state index contributed by atoms with van der Waals surface area (Å²) < 4.78 is 5.55. The number of aromatic amines is 1. The van der Waals surface area contributed by atoms with E-state index in [1.54, 1.807) is 24.3 Å². The number of ether oxygens (including phenoxy) is 1. The molecule has 4 nitrogen and oxygen atoms in total. The lowest BCUT2D eigenvalue weighted by atomic mass is 10.2. The zero-order valence-electron chi connectivity index (χ0n) is 13.6. The van der Waals surface area contributed by atoms with Gasteiger partial charge in [0.05, 0.1) is 22.5 Å². The largest absolute Gasteiger partial charge is 0.494 e. The Bertz CT molecular complexity index is 979. The molecule has 0 saturated heterocycles. The molecule has 0 unspecified atom stereocenters. The van der Waals surface area contributed by atoms with Crippen molar-refractivity contribution in [2.45, 2.75) is 13.3 Å². The summed E-state index contributed by atoms with van der Waals surface area (Å²) in [5.41, 5.74) is 1.12. The van der Waals surface area contributed by atoms with Gasteiger partial charge in [0.1, 0.15) is 5.75 Å². The number of aromatic nitrogens is 2. The van der Waals surface area contributed by atoms with Crippen molar-refractivity contribution in [1.29, 1.82) is 0 Å². The maximum absolute atomic E-state index is 12.2. The molecule has 1 N–H and O–H groups in total. The van der Waals surface area contributed by atoms with Crippen molar-refractivity contribution in [3.05, 3.63) is 69.2 Å². The van der Waals surface area contributed by atoms with E-state index < -0.39 is 0 Å². The van der Waals surface area contributed by atoms with Crippen molar-refractivity contribution in [3.8, 4) is 5.75 Å². The molecule has 0 radical (unpaired) electrons. The van der Waals surface area contributed by atoms with Gasteiger partial charge in [0.2, 0.25) is 0 Å². The molecule has 128 valence electrons. The van der Waals surface area contributed by atoms with Crippen molar-refractivity contribution in [2.75, 3.05) is 6.61 Å². The fourth-order valence-corrected chi connectivity index (χ4v) is 2.70. The van der Waals surface area contributed by atoms with E-state index in [-0.39, 0.29) is 5.56 Å². The highest BCUT2D eigenvalue weighted by Crippen LogP contribution is 2.22. The van der Waals surface area contributed by atoms with Gasteiger partial charge < -0.3 is 9.72 Å². The summed E-state index contributed by atoms with van der Waals surface area (Å²) in [6.45, 7) is 2.74. The molecule has 1 aromatic heterocycles.